The minimum atomic E-state index is -3.83. The van der Waals surface area contributed by atoms with Crippen LogP contribution < -0.4 is 20.5 Å². The smallest absolute Gasteiger partial charge is 0.261 e. The molecule has 148 valence electrons. The average Bonchev–Trinajstić information content (AvgIpc) is 2.61. The van der Waals surface area contributed by atoms with E-state index < -0.39 is 10.0 Å². The van der Waals surface area contributed by atoms with Gasteiger partial charge in [-0.2, -0.15) is 0 Å². The molecule has 0 aliphatic rings. The standard InChI is InChI=1S/C18H23N3O4S.ClH/c1-13(19)11-12-20-18(22)16-5-3-4-6-17(16)21-26(23,24)15-9-7-14(25-2)8-10-15;/h3-10,13,21H,11-12,19H2,1-2H3,(H,20,22);1H. The number of halogens is 1. The fourth-order valence-electron chi connectivity index (χ4n) is 2.24. The number of rotatable bonds is 8. The SMILES string of the molecule is COc1ccc(S(=O)(=O)Nc2ccccc2C(=O)NCCC(C)N)cc1.Cl. The van der Waals surface area contributed by atoms with E-state index in [1.54, 1.807) is 36.4 Å². The van der Waals surface area contributed by atoms with Gasteiger partial charge in [0.25, 0.3) is 15.9 Å². The summed E-state index contributed by atoms with van der Waals surface area (Å²) in [4.78, 5) is 12.4. The van der Waals surface area contributed by atoms with Crippen LogP contribution in [0.3, 0.4) is 0 Å². The molecule has 0 heterocycles. The van der Waals surface area contributed by atoms with Gasteiger partial charge in [-0.1, -0.05) is 12.1 Å². The van der Waals surface area contributed by atoms with Gasteiger partial charge in [0.15, 0.2) is 0 Å². The molecule has 2 aromatic carbocycles. The van der Waals surface area contributed by atoms with Gasteiger partial charge in [0.2, 0.25) is 0 Å². The Kier molecular flexibility index (Phi) is 8.55. The number of anilines is 1. The maximum atomic E-state index is 12.6. The highest BCUT2D eigenvalue weighted by Gasteiger charge is 2.18. The number of nitrogens with two attached hydrogens (primary N) is 1. The fraction of sp³-hybridized carbons (Fsp3) is 0.278. The Morgan fingerprint density at radius 3 is 2.37 bits per heavy atom. The Hall–Kier alpha value is -2.29. The number of amides is 1. The monoisotopic (exact) mass is 413 g/mol. The highest BCUT2D eigenvalue weighted by Crippen LogP contribution is 2.21. The second-order valence-corrected chi connectivity index (χ2v) is 7.53. The van der Waals surface area contributed by atoms with E-state index in [1.165, 1.54) is 19.2 Å². The van der Waals surface area contributed by atoms with E-state index in [1.807, 2.05) is 6.92 Å². The first-order valence-corrected chi connectivity index (χ1v) is 9.61. The fourth-order valence-corrected chi connectivity index (χ4v) is 3.32. The summed E-state index contributed by atoms with van der Waals surface area (Å²) in [5, 5.41) is 2.74. The third-order valence-corrected chi connectivity index (χ3v) is 5.05. The second-order valence-electron chi connectivity index (χ2n) is 5.85. The third-order valence-electron chi connectivity index (χ3n) is 3.67. The first-order chi connectivity index (χ1) is 12.3. The second kappa shape index (κ2) is 10.1. The number of sulfonamides is 1. The largest absolute Gasteiger partial charge is 0.497 e. The number of para-hydroxylation sites is 1. The van der Waals surface area contributed by atoms with Crippen LogP contribution in [0.2, 0.25) is 0 Å². The van der Waals surface area contributed by atoms with Crippen LogP contribution in [-0.2, 0) is 10.0 Å². The lowest BCUT2D eigenvalue weighted by Gasteiger charge is -2.13. The van der Waals surface area contributed by atoms with Crippen LogP contribution in [-0.4, -0.2) is 34.0 Å². The summed E-state index contributed by atoms with van der Waals surface area (Å²) in [7, 11) is -2.33. The van der Waals surface area contributed by atoms with Gasteiger partial charge in [-0.15, -0.1) is 12.4 Å². The third kappa shape index (κ3) is 6.42. The Bertz CT molecular complexity index is 855. The number of ether oxygens (including phenoxy) is 1. The molecule has 0 radical (unpaired) electrons. The number of hydrogen-bond acceptors (Lipinski definition) is 5. The quantitative estimate of drug-likeness (QED) is 0.615. The lowest BCUT2D eigenvalue weighted by Crippen LogP contribution is -2.29. The van der Waals surface area contributed by atoms with Crippen LogP contribution in [0.4, 0.5) is 5.69 Å². The van der Waals surface area contributed by atoms with Crippen molar-refractivity contribution in [1.82, 2.24) is 5.32 Å². The van der Waals surface area contributed by atoms with E-state index in [0.717, 1.165) is 0 Å². The van der Waals surface area contributed by atoms with Gasteiger partial charge in [0.05, 0.1) is 23.3 Å². The van der Waals surface area contributed by atoms with Crippen molar-refractivity contribution in [2.75, 3.05) is 18.4 Å². The van der Waals surface area contributed by atoms with Crippen molar-refractivity contribution in [3.05, 3.63) is 54.1 Å². The van der Waals surface area contributed by atoms with E-state index in [2.05, 4.69) is 10.0 Å². The highest BCUT2D eigenvalue weighted by molar-refractivity contribution is 7.92. The molecule has 7 nitrogen and oxygen atoms in total. The molecular formula is C18H24ClN3O4S. The van der Waals surface area contributed by atoms with E-state index in [0.29, 0.717) is 18.7 Å². The summed E-state index contributed by atoms with van der Waals surface area (Å²) >= 11 is 0. The Morgan fingerprint density at radius 1 is 1.15 bits per heavy atom. The number of methoxy groups -OCH3 is 1. The molecule has 9 heteroatoms. The molecule has 0 saturated carbocycles. The maximum absolute atomic E-state index is 12.6. The molecule has 0 spiro atoms. The van der Waals surface area contributed by atoms with Gasteiger partial charge in [0, 0.05) is 12.6 Å². The van der Waals surface area contributed by atoms with Crippen molar-refractivity contribution >= 4 is 34.0 Å². The molecule has 27 heavy (non-hydrogen) atoms. The molecule has 1 unspecified atom stereocenters. The normalized spacial score (nSPS) is 11.8. The summed E-state index contributed by atoms with van der Waals surface area (Å²) in [5.74, 6) is 0.191. The molecule has 0 aromatic heterocycles. The zero-order valence-electron chi connectivity index (χ0n) is 15.1. The van der Waals surface area contributed by atoms with Gasteiger partial charge < -0.3 is 15.8 Å². The Labute approximate surface area is 165 Å². The van der Waals surface area contributed by atoms with Gasteiger partial charge in [-0.05, 0) is 49.7 Å². The van der Waals surface area contributed by atoms with Crippen LogP contribution in [0.1, 0.15) is 23.7 Å². The van der Waals surface area contributed by atoms with Crippen molar-refractivity contribution in [3.8, 4) is 5.75 Å². The number of carbonyl (C=O) groups is 1. The van der Waals surface area contributed by atoms with Crippen LogP contribution >= 0.6 is 12.4 Å². The number of hydrogen-bond donors (Lipinski definition) is 3. The number of nitrogens with one attached hydrogen (secondary N) is 2. The first kappa shape index (κ1) is 22.8. The van der Waals surface area contributed by atoms with E-state index in [-0.39, 0.29) is 40.5 Å². The van der Waals surface area contributed by atoms with Gasteiger partial charge >= 0.3 is 0 Å². The van der Waals surface area contributed by atoms with E-state index in [4.69, 9.17) is 10.5 Å². The average molecular weight is 414 g/mol. The summed E-state index contributed by atoms with van der Waals surface area (Å²) in [6.45, 7) is 2.26. The molecular weight excluding hydrogens is 390 g/mol. The predicted octanol–water partition coefficient (Wildman–Crippen LogP) is 2.38. The molecule has 4 N–H and O–H groups in total. The van der Waals surface area contributed by atoms with Crippen molar-refractivity contribution in [1.29, 1.82) is 0 Å². The predicted molar refractivity (Wildman–Crippen MR) is 108 cm³/mol. The van der Waals surface area contributed by atoms with Gasteiger partial charge in [-0.3, -0.25) is 9.52 Å². The molecule has 1 atom stereocenters. The summed E-state index contributed by atoms with van der Waals surface area (Å²) in [6.07, 6.45) is 0.630. The molecule has 0 saturated heterocycles. The number of benzene rings is 2. The molecule has 2 aromatic rings. The molecule has 0 aliphatic carbocycles. The summed E-state index contributed by atoms with van der Waals surface area (Å²) in [6, 6.07) is 12.4. The zero-order chi connectivity index (χ0) is 19.2. The minimum absolute atomic E-state index is 0. The zero-order valence-corrected chi connectivity index (χ0v) is 16.8. The molecule has 0 aliphatic heterocycles. The van der Waals surface area contributed by atoms with Gasteiger partial charge in [-0.25, -0.2) is 8.42 Å². The lowest BCUT2D eigenvalue weighted by atomic mass is 10.1. The molecule has 0 fully saturated rings. The van der Waals surface area contributed by atoms with Crippen LogP contribution in [0, 0.1) is 0 Å². The van der Waals surface area contributed by atoms with Crippen molar-refractivity contribution in [2.24, 2.45) is 5.73 Å². The van der Waals surface area contributed by atoms with Crippen LogP contribution in [0.15, 0.2) is 53.4 Å². The minimum Gasteiger partial charge on any atom is -0.497 e. The number of carbonyl (C=O) groups excluding carboxylic acids is 1. The summed E-state index contributed by atoms with van der Waals surface area (Å²) < 4.78 is 32.7. The highest BCUT2D eigenvalue weighted by atomic mass is 35.5. The van der Waals surface area contributed by atoms with E-state index in [9.17, 15) is 13.2 Å². The maximum Gasteiger partial charge on any atom is 0.261 e. The Balaban J connectivity index is 0.00000364. The van der Waals surface area contributed by atoms with E-state index >= 15 is 0 Å². The van der Waals surface area contributed by atoms with Crippen molar-refractivity contribution < 1.29 is 17.9 Å². The van der Waals surface area contributed by atoms with Crippen LogP contribution in [0.25, 0.3) is 0 Å². The lowest BCUT2D eigenvalue weighted by molar-refractivity contribution is 0.0953. The molecule has 1 amide bonds. The topological polar surface area (TPSA) is 111 Å². The van der Waals surface area contributed by atoms with Crippen molar-refractivity contribution in [3.63, 3.8) is 0 Å². The van der Waals surface area contributed by atoms with Gasteiger partial charge in [0.1, 0.15) is 5.75 Å². The molecule has 0 bridgehead atoms. The van der Waals surface area contributed by atoms with Crippen LogP contribution in [0.5, 0.6) is 5.75 Å². The molecule has 2 rings (SSSR count). The summed E-state index contributed by atoms with van der Waals surface area (Å²) in [5.41, 5.74) is 6.12. The first-order valence-electron chi connectivity index (χ1n) is 8.13. The Morgan fingerprint density at radius 2 is 1.78 bits per heavy atom. The van der Waals surface area contributed by atoms with Crippen molar-refractivity contribution in [2.45, 2.75) is 24.3 Å².